The van der Waals surface area contributed by atoms with Gasteiger partial charge in [0, 0.05) is 24.0 Å². The van der Waals surface area contributed by atoms with Crippen LogP contribution in [0, 0.1) is 0 Å². The van der Waals surface area contributed by atoms with Crippen LogP contribution in [-0.2, 0) is 0 Å². The van der Waals surface area contributed by atoms with Crippen LogP contribution in [0.5, 0.6) is 0 Å². The summed E-state index contributed by atoms with van der Waals surface area (Å²) in [5, 5.41) is 4.75. The summed E-state index contributed by atoms with van der Waals surface area (Å²) in [5.74, 6) is 0. The van der Waals surface area contributed by atoms with Crippen molar-refractivity contribution in [3.05, 3.63) is 28.0 Å². The Bertz CT molecular complexity index is 304. The number of hydrogen-bond donors (Lipinski definition) is 1. The molecule has 2 heterocycles. The molecule has 1 aromatic rings. The fourth-order valence-corrected chi connectivity index (χ4v) is 2.48. The van der Waals surface area contributed by atoms with Crippen molar-refractivity contribution in [2.45, 2.75) is 25.3 Å². The highest BCUT2D eigenvalue weighted by molar-refractivity contribution is 6.35. The molecule has 0 unspecified atom stereocenters. The predicted octanol–water partition coefficient (Wildman–Crippen LogP) is 3.62. The number of rotatable bonds is 1. The Morgan fingerprint density at radius 2 is 1.87 bits per heavy atom. The van der Waals surface area contributed by atoms with E-state index in [1.54, 1.807) is 12.4 Å². The zero-order valence-electron chi connectivity index (χ0n) is 8.17. The molecule has 0 amide bonds. The number of halogens is 3. The molecular weight excluding hydrogens is 254 g/mol. The molecular formula is C10H13Cl3N2. The van der Waals surface area contributed by atoms with E-state index in [2.05, 4.69) is 10.3 Å². The van der Waals surface area contributed by atoms with Crippen molar-refractivity contribution in [3.63, 3.8) is 0 Å². The Labute approximate surface area is 106 Å². The van der Waals surface area contributed by atoms with E-state index in [0.29, 0.717) is 16.1 Å². The number of hydrogen-bond acceptors (Lipinski definition) is 2. The van der Waals surface area contributed by atoms with Gasteiger partial charge in [-0.25, -0.2) is 0 Å². The second kappa shape index (κ2) is 5.90. The van der Waals surface area contributed by atoms with E-state index in [-0.39, 0.29) is 12.4 Å². The molecule has 0 spiro atoms. The first-order valence-electron chi connectivity index (χ1n) is 4.81. The Kier molecular flexibility index (Phi) is 5.13. The van der Waals surface area contributed by atoms with E-state index in [1.165, 1.54) is 12.8 Å². The maximum absolute atomic E-state index is 6.08. The summed E-state index contributed by atoms with van der Waals surface area (Å²) < 4.78 is 0. The molecule has 1 aliphatic heterocycles. The molecule has 0 aliphatic carbocycles. The standard InChI is InChI=1S/C10H12Cl2N2.ClH/c11-7-5-13-6-8(12)10(7)9-3-1-2-4-14-9;/h5-6,9,14H,1-4H2;1H/t9-;/m1./s1. The second-order valence-corrected chi connectivity index (χ2v) is 4.33. The van der Waals surface area contributed by atoms with Gasteiger partial charge in [-0.1, -0.05) is 29.6 Å². The maximum atomic E-state index is 6.08. The Morgan fingerprint density at radius 3 is 2.40 bits per heavy atom. The number of nitrogens with one attached hydrogen (secondary N) is 1. The van der Waals surface area contributed by atoms with E-state index >= 15 is 0 Å². The monoisotopic (exact) mass is 266 g/mol. The fourth-order valence-electron chi connectivity index (χ4n) is 1.85. The Morgan fingerprint density at radius 1 is 1.20 bits per heavy atom. The first kappa shape index (κ1) is 13.0. The molecule has 1 aliphatic rings. The molecule has 2 nitrogen and oxygen atoms in total. The average Bonchev–Trinajstić information content (AvgIpc) is 2.19. The highest BCUT2D eigenvalue weighted by Crippen LogP contribution is 2.33. The third-order valence-electron chi connectivity index (χ3n) is 2.55. The zero-order valence-corrected chi connectivity index (χ0v) is 10.5. The smallest absolute Gasteiger partial charge is 0.0652 e. The highest BCUT2D eigenvalue weighted by atomic mass is 35.5. The van der Waals surface area contributed by atoms with Crippen LogP contribution in [0.4, 0.5) is 0 Å². The summed E-state index contributed by atoms with van der Waals surface area (Å²) in [4.78, 5) is 3.95. The van der Waals surface area contributed by atoms with E-state index in [1.807, 2.05) is 0 Å². The molecule has 15 heavy (non-hydrogen) atoms. The minimum atomic E-state index is 0. The lowest BCUT2D eigenvalue weighted by atomic mass is 9.98. The Balaban J connectivity index is 0.00000112. The lowest BCUT2D eigenvalue weighted by Gasteiger charge is -2.25. The van der Waals surface area contributed by atoms with Crippen molar-refractivity contribution >= 4 is 35.6 Å². The number of nitrogens with zero attached hydrogens (tertiary/aromatic N) is 1. The molecule has 0 aromatic carbocycles. The summed E-state index contributed by atoms with van der Waals surface area (Å²) in [6, 6.07) is 0.298. The van der Waals surface area contributed by atoms with Gasteiger partial charge >= 0.3 is 0 Å². The number of aromatic nitrogens is 1. The summed E-state index contributed by atoms with van der Waals surface area (Å²) in [7, 11) is 0. The maximum Gasteiger partial charge on any atom is 0.0652 e. The molecule has 1 saturated heterocycles. The van der Waals surface area contributed by atoms with Crippen LogP contribution in [-0.4, -0.2) is 11.5 Å². The van der Waals surface area contributed by atoms with Crippen LogP contribution in [0.25, 0.3) is 0 Å². The van der Waals surface area contributed by atoms with Crippen LogP contribution >= 0.6 is 35.6 Å². The van der Waals surface area contributed by atoms with Crippen molar-refractivity contribution in [2.24, 2.45) is 0 Å². The normalized spacial score (nSPS) is 20.8. The topological polar surface area (TPSA) is 24.9 Å². The minimum Gasteiger partial charge on any atom is -0.310 e. The third-order valence-corrected chi connectivity index (χ3v) is 3.15. The molecule has 1 aromatic heterocycles. The van der Waals surface area contributed by atoms with Crippen molar-refractivity contribution in [2.75, 3.05) is 6.54 Å². The van der Waals surface area contributed by atoms with Gasteiger partial charge in [0.25, 0.3) is 0 Å². The molecule has 0 bridgehead atoms. The van der Waals surface area contributed by atoms with Crippen molar-refractivity contribution in [3.8, 4) is 0 Å². The molecule has 1 atom stereocenters. The van der Waals surface area contributed by atoms with Crippen molar-refractivity contribution in [1.29, 1.82) is 0 Å². The third kappa shape index (κ3) is 2.97. The fraction of sp³-hybridized carbons (Fsp3) is 0.500. The minimum absolute atomic E-state index is 0. The largest absolute Gasteiger partial charge is 0.310 e. The van der Waals surface area contributed by atoms with Crippen molar-refractivity contribution in [1.82, 2.24) is 10.3 Å². The number of piperidine rings is 1. The lowest BCUT2D eigenvalue weighted by molar-refractivity contribution is 0.412. The van der Waals surface area contributed by atoms with Crippen molar-refractivity contribution < 1.29 is 0 Å². The summed E-state index contributed by atoms with van der Waals surface area (Å²) >= 11 is 12.2. The van der Waals surface area contributed by atoms with Crippen LogP contribution < -0.4 is 5.32 Å². The molecule has 1 N–H and O–H groups in total. The van der Waals surface area contributed by atoms with Gasteiger partial charge in [-0.2, -0.15) is 0 Å². The summed E-state index contributed by atoms with van der Waals surface area (Å²) in [5.41, 5.74) is 1.00. The Hall–Kier alpha value is -0.0200. The van der Waals surface area contributed by atoms with Gasteiger partial charge < -0.3 is 5.32 Å². The van der Waals surface area contributed by atoms with E-state index in [9.17, 15) is 0 Å². The molecule has 5 heteroatoms. The van der Waals surface area contributed by atoms with E-state index in [0.717, 1.165) is 18.5 Å². The van der Waals surface area contributed by atoms with Crippen LogP contribution in [0.15, 0.2) is 12.4 Å². The highest BCUT2D eigenvalue weighted by Gasteiger charge is 2.19. The van der Waals surface area contributed by atoms with Gasteiger partial charge in [0.15, 0.2) is 0 Å². The van der Waals surface area contributed by atoms with E-state index < -0.39 is 0 Å². The number of pyridine rings is 1. The van der Waals surface area contributed by atoms with Gasteiger partial charge in [0.2, 0.25) is 0 Å². The van der Waals surface area contributed by atoms with Gasteiger partial charge in [-0.3, -0.25) is 4.98 Å². The first-order valence-corrected chi connectivity index (χ1v) is 5.57. The molecule has 2 rings (SSSR count). The van der Waals surface area contributed by atoms with Gasteiger partial charge in [-0.15, -0.1) is 12.4 Å². The summed E-state index contributed by atoms with van der Waals surface area (Å²) in [6.07, 6.45) is 6.87. The van der Waals surface area contributed by atoms with Crippen LogP contribution in [0.3, 0.4) is 0 Å². The predicted molar refractivity (Wildman–Crippen MR) is 66.1 cm³/mol. The second-order valence-electron chi connectivity index (χ2n) is 3.52. The van der Waals surface area contributed by atoms with Gasteiger partial charge in [-0.05, 0) is 19.4 Å². The molecule has 0 saturated carbocycles. The first-order chi connectivity index (χ1) is 6.79. The molecule has 1 fully saturated rings. The molecule has 84 valence electrons. The molecule has 0 radical (unpaired) electrons. The SMILES string of the molecule is Cl.Clc1cncc(Cl)c1[C@H]1CCCCN1. The quantitative estimate of drug-likeness (QED) is 0.840. The summed E-state index contributed by atoms with van der Waals surface area (Å²) in [6.45, 7) is 1.04. The van der Waals surface area contributed by atoms with Crippen LogP contribution in [0.1, 0.15) is 30.9 Å². The van der Waals surface area contributed by atoms with Gasteiger partial charge in [0.1, 0.15) is 0 Å². The zero-order chi connectivity index (χ0) is 9.97. The van der Waals surface area contributed by atoms with Crippen LogP contribution in [0.2, 0.25) is 10.0 Å². The average molecular weight is 268 g/mol. The van der Waals surface area contributed by atoms with Gasteiger partial charge in [0.05, 0.1) is 10.0 Å². The lowest BCUT2D eigenvalue weighted by Crippen LogP contribution is -2.27. The van der Waals surface area contributed by atoms with E-state index in [4.69, 9.17) is 23.2 Å².